The molecule has 4 aliphatic rings. The molecule has 0 spiro atoms. The van der Waals surface area contributed by atoms with Gasteiger partial charge in [0, 0.05) is 35.6 Å². The number of carbonyl (C=O) groups excluding carboxylic acids is 3. The van der Waals surface area contributed by atoms with E-state index in [1.165, 1.54) is 4.90 Å². The lowest BCUT2D eigenvalue weighted by Gasteiger charge is -2.54. The van der Waals surface area contributed by atoms with Gasteiger partial charge in [-0.3, -0.25) is 14.4 Å². The van der Waals surface area contributed by atoms with Crippen LogP contribution in [-0.2, 0) is 14.4 Å². The van der Waals surface area contributed by atoms with E-state index in [0.29, 0.717) is 30.1 Å². The van der Waals surface area contributed by atoms with E-state index in [2.05, 4.69) is 16.0 Å². The first-order chi connectivity index (χ1) is 17.5. The molecular formula is C26H32ClF2N5O3. The maximum atomic E-state index is 15.0. The van der Waals surface area contributed by atoms with E-state index >= 15 is 0 Å². The Morgan fingerprint density at radius 2 is 2.08 bits per heavy atom. The Bertz CT molecular complexity index is 1110. The summed E-state index contributed by atoms with van der Waals surface area (Å²) in [5, 5.41) is 18.6. The highest BCUT2D eigenvalue weighted by Crippen LogP contribution is 2.49. The topological polar surface area (TPSA) is 114 Å². The molecule has 200 valence electrons. The molecule has 0 radical (unpaired) electrons. The Labute approximate surface area is 220 Å². The van der Waals surface area contributed by atoms with E-state index in [1.54, 1.807) is 32.0 Å². The highest BCUT2D eigenvalue weighted by molar-refractivity contribution is 6.31. The minimum Gasteiger partial charge on any atom is -0.374 e. The monoisotopic (exact) mass is 535 g/mol. The summed E-state index contributed by atoms with van der Waals surface area (Å²) < 4.78 is 29.9. The summed E-state index contributed by atoms with van der Waals surface area (Å²) in [4.78, 5) is 40.5. The second-order valence-electron chi connectivity index (χ2n) is 10.3. The molecule has 0 aromatic heterocycles. The number of rotatable bonds is 7. The molecular weight excluding hydrogens is 504 g/mol. The summed E-state index contributed by atoms with van der Waals surface area (Å²) in [6.45, 7) is 3.99. The molecule has 1 aromatic carbocycles. The van der Waals surface area contributed by atoms with Crippen molar-refractivity contribution in [3.05, 3.63) is 28.8 Å². The van der Waals surface area contributed by atoms with Crippen LogP contribution in [0.2, 0.25) is 5.02 Å². The summed E-state index contributed by atoms with van der Waals surface area (Å²) in [5.74, 6) is -6.32. The van der Waals surface area contributed by atoms with Gasteiger partial charge >= 0.3 is 0 Å². The number of nitrogens with one attached hydrogen (secondary N) is 3. The van der Waals surface area contributed by atoms with Crippen molar-refractivity contribution in [1.82, 2.24) is 15.5 Å². The van der Waals surface area contributed by atoms with Gasteiger partial charge in [0.2, 0.25) is 17.7 Å². The Kier molecular flexibility index (Phi) is 7.93. The predicted molar refractivity (Wildman–Crippen MR) is 134 cm³/mol. The molecule has 2 bridgehead atoms. The van der Waals surface area contributed by atoms with Crippen molar-refractivity contribution >= 4 is 35.0 Å². The van der Waals surface area contributed by atoms with Gasteiger partial charge in [0.05, 0.1) is 12.0 Å². The lowest BCUT2D eigenvalue weighted by atomic mass is 9.71. The van der Waals surface area contributed by atoms with Gasteiger partial charge in [-0.15, -0.1) is 0 Å². The normalized spacial score (nSPS) is 28.0. The van der Waals surface area contributed by atoms with E-state index < -0.39 is 60.2 Å². The number of piperidine rings is 3. The van der Waals surface area contributed by atoms with Crippen LogP contribution in [0.1, 0.15) is 51.0 Å². The van der Waals surface area contributed by atoms with Crippen molar-refractivity contribution < 1.29 is 23.2 Å². The third-order valence-electron chi connectivity index (χ3n) is 7.86. The van der Waals surface area contributed by atoms with Crippen molar-refractivity contribution in [3.63, 3.8) is 0 Å². The highest BCUT2D eigenvalue weighted by atomic mass is 35.5. The zero-order valence-corrected chi connectivity index (χ0v) is 21.7. The molecule has 4 fully saturated rings. The number of halogens is 3. The number of alkyl halides is 2. The van der Waals surface area contributed by atoms with Gasteiger partial charge in [-0.1, -0.05) is 17.7 Å². The van der Waals surface area contributed by atoms with Crippen LogP contribution in [0.5, 0.6) is 0 Å². The minimum absolute atomic E-state index is 0.0885. The summed E-state index contributed by atoms with van der Waals surface area (Å²) in [6, 6.07) is 3.18. The zero-order valence-electron chi connectivity index (χ0n) is 20.9. The molecule has 5 rings (SSSR count). The number of benzene rings is 1. The standard InChI is InChI=1S/C26H32ClF2N5O3/c1-14-20(27)6-3-7-21(14)32-15(2)25(37)34-18-8-9-19(26(28,29)12-18)22(34)24(36)33-17(13-30)11-16-5-4-10-31-23(16)35/h3,6-7,15-19,22,32H,4-5,8-12H2,1-2H3,(H,31,35)(H,33,36)/t15-,16-,17-,18+,19+,22+/m0/s1. The molecule has 3 N–H and O–H groups in total. The largest absolute Gasteiger partial charge is 0.374 e. The number of hydrogen-bond donors (Lipinski definition) is 3. The molecule has 37 heavy (non-hydrogen) atoms. The average molecular weight is 536 g/mol. The Balaban J connectivity index is 1.54. The lowest BCUT2D eigenvalue weighted by Crippen LogP contribution is -2.70. The first kappa shape index (κ1) is 27.1. The fourth-order valence-electron chi connectivity index (χ4n) is 5.85. The maximum absolute atomic E-state index is 15.0. The molecule has 3 aliphatic heterocycles. The quantitative estimate of drug-likeness (QED) is 0.495. The summed E-state index contributed by atoms with van der Waals surface area (Å²) in [6.07, 6.45) is 1.42. The number of hydrogen-bond acceptors (Lipinski definition) is 5. The van der Waals surface area contributed by atoms with Crippen LogP contribution >= 0.6 is 11.6 Å². The van der Waals surface area contributed by atoms with Crippen LogP contribution in [0.4, 0.5) is 14.5 Å². The molecule has 1 aliphatic carbocycles. The van der Waals surface area contributed by atoms with Crippen molar-refractivity contribution in [2.45, 2.75) is 82.5 Å². The number of nitriles is 1. The molecule has 11 heteroatoms. The first-order valence-corrected chi connectivity index (χ1v) is 13.1. The molecule has 0 unspecified atom stereocenters. The van der Waals surface area contributed by atoms with Crippen LogP contribution in [0.15, 0.2) is 18.2 Å². The van der Waals surface area contributed by atoms with Crippen molar-refractivity contribution in [2.75, 3.05) is 11.9 Å². The van der Waals surface area contributed by atoms with Gasteiger partial charge < -0.3 is 20.9 Å². The molecule has 1 saturated carbocycles. The van der Waals surface area contributed by atoms with Crippen LogP contribution in [0.25, 0.3) is 0 Å². The van der Waals surface area contributed by atoms with Crippen molar-refractivity contribution in [2.24, 2.45) is 11.8 Å². The third-order valence-corrected chi connectivity index (χ3v) is 8.27. The van der Waals surface area contributed by atoms with E-state index in [4.69, 9.17) is 11.6 Å². The highest BCUT2D eigenvalue weighted by Gasteiger charge is 2.60. The molecule has 6 atom stereocenters. The van der Waals surface area contributed by atoms with Gasteiger partial charge in [0.15, 0.2) is 0 Å². The first-order valence-electron chi connectivity index (χ1n) is 12.7. The van der Waals surface area contributed by atoms with Crippen LogP contribution < -0.4 is 16.0 Å². The smallest absolute Gasteiger partial charge is 0.255 e. The number of fused-ring (bicyclic) bond motifs is 3. The second-order valence-corrected chi connectivity index (χ2v) is 10.7. The van der Waals surface area contributed by atoms with E-state index in [9.17, 15) is 28.4 Å². The molecule has 3 heterocycles. The summed E-state index contributed by atoms with van der Waals surface area (Å²) in [5.41, 5.74) is 1.38. The van der Waals surface area contributed by atoms with Gasteiger partial charge in [-0.05, 0) is 63.6 Å². The van der Waals surface area contributed by atoms with Crippen LogP contribution in [0.3, 0.4) is 0 Å². The number of carbonyl (C=O) groups is 3. The van der Waals surface area contributed by atoms with E-state index in [-0.39, 0.29) is 18.7 Å². The van der Waals surface area contributed by atoms with Gasteiger partial charge in [-0.2, -0.15) is 5.26 Å². The second kappa shape index (κ2) is 10.8. The number of anilines is 1. The average Bonchev–Trinajstić information content (AvgIpc) is 2.86. The van der Waals surface area contributed by atoms with Crippen molar-refractivity contribution in [1.29, 1.82) is 5.26 Å². The molecule has 8 nitrogen and oxygen atoms in total. The Morgan fingerprint density at radius 3 is 2.76 bits per heavy atom. The molecule has 1 aromatic rings. The van der Waals surface area contributed by atoms with Crippen LogP contribution in [-0.4, -0.2) is 59.3 Å². The fourth-order valence-corrected chi connectivity index (χ4v) is 6.03. The van der Waals surface area contributed by atoms with E-state index in [1.807, 2.05) is 6.07 Å². The lowest BCUT2D eigenvalue weighted by molar-refractivity contribution is -0.194. The van der Waals surface area contributed by atoms with Gasteiger partial charge in [0.25, 0.3) is 5.92 Å². The zero-order chi connectivity index (χ0) is 26.9. The number of nitrogens with zero attached hydrogens (tertiary/aromatic N) is 2. The van der Waals surface area contributed by atoms with Gasteiger partial charge in [-0.25, -0.2) is 8.78 Å². The summed E-state index contributed by atoms with van der Waals surface area (Å²) >= 11 is 6.19. The predicted octanol–water partition coefficient (Wildman–Crippen LogP) is 3.39. The van der Waals surface area contributed by atoms with Crippen molar-refractivity contribution in [3.8, 4) is 6.07 Å². The Morgan fingerprint density at radius 1 is 1.32 bits per heavy atom. The van der Waals surface area contributed by atoms with E-state index in [0.717, 1.165) is 12.0 Å². The molecule has 3 amide bonds. The fraction of sp³-hybridized carbons (Fsp3) is 0.615. The van der Waals surface area contributed by atoms with Gasteiger partial charge in [0.1, 0.15) is 18.1 Å². The maximum Gasteiger partial charge on any atom is 0.255 e. The minimum atomic E-state index is -3.10. The molecule has 3 saturated heterocycles. The summed E-state index contributed by atoms with van der Waals surface area (Å²) in [7, 11) is 0. The SMILES string of the molecule is Cc1c(Cl)cccc1N[C@@H](C)C(=O)N1[C@@H]2CC[C@H]([C@@H]1C(=O)N[C@H](C#N)C[C@@H]1CCCNC1=O)C(F)(F)C2. The Hall–Kier alpha value is -2.93. The third kappa shape index (κ3) is 5.52. The number of amides is 3. The van der Waals surface area contributed by atoms with Crippen LogP contribution in [0, 0.1) is 30.1 Å².